The van der Waals surface area contributed by atoms with Crippen molar-refractivity contribution in [1.82, 2.24) is 5.32 Å². The molecule has 0 aliphatic heterocycles. The Balaban J connectivity index is 3.90. The van der Waals surface area contributed by atoms with Gasteiger partial charge in [-0.15, -0.1) is 6.42 Å². The van der Waals surface area contributed by atoms with Crippen molar-refractivity contribution in [2.24, 2.45) is 5.92 Å². The van der Waals surface area contributed by atoms with Gasteiger partial charge in [-0.1, -0.05) is 90.9 Å². The average molecular weight is 382 g/mol. The summed E-state index contributed by atoms with van der Waals surface area (Å²) in [5, 5.41) is 2.56. The van der Waals surface area contributed by atoms with Crippen molar-refractivity contribution in [2.45, 2.75) is 97.4 Å². The molecule has 0 heterocycles. The second-order valence-corrected chi connectivity index (χ2v) is 7.14. The first-order valence-electron chi connectivity index (χ1n) is 10.6. The van der Waals surface area contributed by atoms with Gasteiger partial charge in [0.1, 0.15) is 6.04 Å². The van der Waals surface area contributed by atoms with Gasteiger partial charge in [0.15, 0.2) is 6.61 Å². The van der Waals surface area contributed by atoms with Gasteiger partial charge in [-0.25, -0.2) is 9.59 Å². The zero-order valence-corrected chi connectivity index (χ0v) is 17.6. The zero-order valence-electron chi connectivity index (χ0n) is 17.6. The summed E-state index contributed by atoms with van der Waals surface area (Å²) in [5.74, 6) is 1.78. The maximum absolute atomic E-state index is 12.3. The van der Waals surface area contributed by atoms with Gasteiger partial charge in [0.25, 0.3) is 0 Å². The summed E-state index contributed by atoms with van der Waals surface area (Å²) < 4.78 is 10.1. The lowest BCUT2D eigenvalue weighted by Crippen LogP contribution is -2.46. The van der Waals surface area contributed by atoms with Crippen LogP contribution in [0.5, 0.6) is 0 Å². The molecule has 0 aliphatic rings. The third kappa shape index (κ3) is 14.1. The van der Waals surface area contributed by atoms with Gasteiger partial charge in [0.2, 0.25) is 0 Å². The standard InChI is InChI=1S/C22H39NO4/c1-5-8-9-10-11-12-13-14-15-16-18-26-21(24)20(19(4)7-3)23-22(25)27-17-6-2/h2,19-20H,5,7-18H2,1,3-4H3,(H,23,25). The van der Waals surface area contributed by atoms with Crippen molar-refractivity contribution >= 4 is 12.1 Å². The minimum absolute atomic E-state index is 0.0383. The van der Waals surface area contributed by atoms with E-state index in [-0.39, 0.29) is 12.5 Å². The van der Waals surface area contributed by atoms with E-state index >= 15 is 0 Å². The number of hydrogen-bond acceptors (Lipinski definition) is 4. The number of terminal acetylenes is 1. The van der Waals surface area contributed by atoms with Crippen LogP contribution in [0.3, 0.4) is 0 Å². The van der Waals surface area contributed by atoms with Crippen LogP contribution in [0.2, 0.25) is 0 Å². The summed E-state index contributed by atoms with van der Waals surface area (Å²) in [6, 6.07) is -0.705. The molecule has 0 aliphatic carbocycles. The highest BCUT2D eigenvalue weighted by atomic mass is 16.6. The van der Waals surface area contributed by atoms with Gasteiger partial charge >= 0.3 is 12.1 Å². The third-order valence-corrected chi connectivity index (χ3v) is 4.77. The Kier molecular flexibility index (Phi) is 16.6. The highest BCUT2D eigenvalue weighted by Crippen LogP contribution is 2.12. The molecule has 2 atom stereocenters. The lowest BCUT2D eigenvalue weighted by molar-refractivity contribution is -0.147. The van der Waals surface area contributed by atoms with E-state index in [9.17, 15) is 9.59 Å². The summed E-state index contributed by atoms with van der Waals surface area (Å²) in [6.45, 7) is 6.37. The Labute approximate surface area is 166 Å². The molecule has 1 N–H and O–H groups in total. The highest BCUT2D eigenvalue weighted by molar-refractivity contribution is 5.81. The third-order valence-electron chi connectivity index (χ3n) is 4.77. The Hall–Kier alpha value is -1.70. The van der Waals surface area contributed by atoms with Crippen LogP contribution in [-0.2, 0) is 14.3 Å². The average Bonchev–Trinajstić information content (AvgIpc) is 2.67. The van der Waals surface area contributed by atoms with Crippen LogP contribution in [0.25, 0.3) is 0 Å². The fraction of sp³-hybridized carbons (Fsp3) is 0.818. The van der Waals surface area contributed by atoms with Crippen molar-refractivity contribution in [1.29, 1.82) is 0 Å². The van der Waals surface area contributed by atoms with Gasteiger partial charge in [-0.05, 0) is 12.3 Å². The maximum atomic E-state index is 12.3. The number of esters is 1. The summed E-state index contributed by atoms with van der Waals surface area (Å²) >= 11 is 0. The minimum atomic E-state index is -0.705. The van der Waals surface area contributed by atoms with Crippen LogP contribution in [0.4, 0.5) is 4.79 Å². The van der Waals surface area contributed by atoms with E-state index in [0.29, 0.717) is 6.61 Å². The smallest absolute Gasteiger partial charge is 0.408 e. The molecule has 0 bridgehead atoms. The molecule has 0 spiro atoms. The number of carbonyl (C=O) groups excluding carboxylic acids is 2. The molecule has 0 saturated heterocycles. The second-order valence-electron chi connectivity index (χ2n) is 7.14. The van der Waals surface area contributed by atoms with Crippen molar-refractivity contribution in [3.8, 4) is 12.3 Å². The molecule has 0 aromatic heterocycles. The van der Waals surface area contributed by atoms with Crippen molar-refractivity contribution in [3.05, 3.63) is 0 Å². The second kappa shape index (κ2) is 17.7. The molecule has 0 rings (SSSR count). The Bertz CT molecular complexity index is 431. The quantitative estimate of drug-likeness (QED) is 0.226. The lowest BCUT2D eigenvalue weighted by atomic mass is 9.99. The van der Waals surface area contributed by atoms with Crippen LogP contribution in [-0.4, -0.2) is 31.3 Å². The summed E-state index contributed by atoms with van der Waals surface area (Å²) in [7, 11) is 0. The van der Waals surface area contributed by atoms with Gasteiger partial charge < -0.3 is 14.8 Å². The fourth-order valence-electron chi connectivity index (χ4n) is 2.80. The molecule has 2 unspecified atom stereocenters. The van der Waals surface area contributed by atoms with E-state index in [1.54, 1.807) is 0 Å². The van der Waals surface area contributed by atoms with E-state index in [0.717, 1.165) is 19.3 Å². The van der Waals surface area contributed by atoms with E-state index < -0.39 is 18.1 Å². The number of unbranched alkanes of at least 4 members (excludes halogenated alkanes) is 9. The lowest BCUT2D eigenvalue weighted by Gasteiger charge is -2.22. The largest absolute Gasteiger partial charge is 0.464 e. The van der Waals surface area contributed by atoms with Crippen LogP contribution in [0.15, 0.2) is 0 Å². The first-order chi connectivity index (χ1) is 13.1. The molecular weight excluding hydrogens is 342 g/mol. The van der Waals surface area contributed by atoms with Crippen LogP contribution in [0, 0.1) is 18.3 Å². The molecule has 0 saturated carbocycles. The van der Waals surface area contributed by atoms with E-state index in [1.807, 2.05) is 13.8 Å². The number of rotatable bonds is 16. The number of nitrogens with one attached hydrogen (secondary N) is 1. The van der Waals surface area contributed by atoms with Gasteiger partial charge in [-0.3, -0.25) is 0 Å². The molecule has 0 radical (unpaired) electrons. The number of hydrogen-bond donors (Lipinski definition) is 1. The predicted molar refractivity (Wildman–Crippen MR) is 109 cm³/mol. The molecule has 27 heavy (non-hydrogen) atoms. The van der Waals surface area contributed by atoms with Crippen molar-refractivity contribution in [3.63, 3.8) is 0 Å². The topological polar surface area (TPSA) is 64.6 Å². The number of carbonyl (C=O) groups is 2. The first kappa shape index (κ1) is 25.3. The number of alkyl carbamates (subject to hydrolysis) is 1. The van der Waals surface area contributed by atoms with Gasteiger partial charge in [-0.2, -0.15) is 0 Å². The molecule has 5 nitrogen and oxygen atoms in total. The van der Waals surface area contributed by atoms with Crippen molar-refractivity contribution < 1.29 is 19.1 Å². The fourth-order valence-corrected chi connectivity index (χ4v) is 2.80. The maximum Gasteiger partial charge on any atom is 0.408 e. The molecular formula is C22H39NO4. The first-order valence-corrected chi connectivity index (χ1v) is 10.6. The molecule has 0 aromatic carbocycles. The van der Waals surface area contributed by atoms with Crippen LogP contribution in [0.1, 0.15) is 91.4 Å². The zero-order chi connectivity index (χ0) is 20.3. The predicted octanol–water partition coefficient (Wildman–Crippen LogP) is 5.22. The monoisotopic (exact) mass is 381 g/mol. The van der Waals surface area contributed by atoms with Gasteiger partial charge in [0.05, 0.1) is 6.61 Å². The molecule has 1 amide bonds. The SMILES string of the molecule is C#CCOC(=O)NC(C(=O)OCCCCCCCCCCCC)C(C)CC. The van der Waals surface area contributed by atoms with Crippen molar-refractivity contribution in [2.75, 3.05) is 13.2 Å². The molecule has 0 aromatic rings. The Morgan fingerprint density at radius 3 is 2.00 bits per heavy atom. The number of amides is 1. The van der Waals surface area contributed by atoms with Crippen LogP contribution >= 0.6 is 0 Å². The molecule has 0 fully saturated rings. The number of ether oxygens (including phenoxy) is 2. The normalized spacial score (nSPS) is 12.7. The van der Waals surface area contributed by atoms with Gasteiger partial charge in [0, 0.05) is 0 Å². The van der Waals surface area contributed by atoms with E-state index in [2.05, 4.69) is 18.2 Å². The summed E-state index contributed by atoms with van der Waals surface area (Å²) in [5.41, 5.74) is 0. The van der Waals surface area contributed by atoms with E-state index in [1.165, 1.54) is 51.4 Å². The molecule has 156 valence electrons. The highest BCUT2D eigenvalue weighted by Gasteiger charge is 2.27. The Morgan fingerprint density at radius 2 is 1.48 bits per heavy atom. The minimum Gasteiger partial charge on any atom is -0.464 e. The molecule has 5 heteroatoms. The Morgan fingerprint density at radius 1 is 0.926 bits per heavy atom. The summed E-state index contributed by atoms with van der Waals surface area (Å²) in [6.07, 6.45) is 17.4. The van der Waals surface area contributed by atoms with E-state index in [4.69, 9.17) is 15.9 Å². The van der Waals surface area contributed by atoms with Crippen LogP contribution < -0.4 is 5.32 Å². The summed E-state index contributed by atoms with van der Waals surface area (Å²) in [4.78, 5) is 23.9.